The van der Waals surface area contributed by atoms with E-state index in [1.165, 1.54) is 30.3 Å². The number of allylic oxidation sites excluding steroid dienone is 1. The summed E-state index contributed by atoms with van der Waals surface area (Å²) in [5, 5.41) is 9.34. The molecule has 0 atom stereocenters. The zero-order valence-corrected chi connectivity index (χ0v) is 12.9. The van der Waals surface area contributed by atoms with E-state index in [2.05, 4.69) is 19.7 Å². The molecule has 2 aromatic rings. The summed E-state index contributed by atoms with van der Waals surface area (Å²) in [6.07, 6.45) is 1.51. The van der Waals surface area contributed by atoms with E-state index in [4.69, 9.17) is 5.73 Å². The van der Waals surface area contributed by atoms with Crippen LogP contribution in [0.25, 0.3) is 11.6 Å². The average molecular weight is 332 g/mol. The smallest absolute Gasteiger partial charge is 0.387 e. The van der Waals surface area contributed by atoms with Gasteiger partial charge in [0.15, 0.2) is 5.82 Å². The number of aromatic nitrogens is 3. The monoisotopic (exact) mass is 332 g/mol. The van der Waals surface area contributed by atoms with Crippen molar-refractivity contribution in [2.75, 3.05) is 24.7 Å². The summed E-state index contributed by atoms with van der Waals surface area (Å²) in [6.45, 7) is -2.89. The molecule has 2 N–H and O–H groups in total. The zero-order valence-electron chi connectivity index (χ0n) is 12.9. The Labute approximate surface area is 137 Å². The highest BCUT2D eigenvalue weighted by Gasteiger charge is 2.11. The van der Waals surface area contributed by atoms with Gasteiger partial charge in [-0.05, 0) is 23.8 Å². The molecule has 0 aliphatic heterocycles. The molecule has 0 saturated carbocycles. The second kappa shape index (κ2) is 7.32. The van der Waals surface area contributed by atoms with Crippen molar-refractivity contribution < 1.29 is 13.5 Å². The van der Waals surface area contributed by atoms with Crippen molar-refractivity contribution in [3.8, 4) is 11.8 Å². The Balaban J connectivity index is 2.34. The number of ether oxygens (including phenoxy) is 1. The number of hydrogen-bond donors (Lipinski definition) is 1. The highest BCUT2D eigenvalue weighted by Crippen LogP contribution is 2.20. The Hall–Kier alpha value is -3.28. The molecule has 0 bridgehead atoms. The van der Waals surface area contributed by atoms with Gasteiger partial charge in [0.25, 0.3) is 0 Å². The third-order valence-electron chi connectivity index (χ3n) is 2.82. The number of nitrogens with zero attached hydrogens (tertiary/aromatic N) is 5. The van der Waals surface area contributed by atoms with E-state index in [-0.39, 0.29) is 23.1 Å². The fourth-order valence-corrected chi connectivity index (χ4v) is 1.76. The first-order chi connectivity index (χ1) is 11.4. The van der Waals surface area contributed by atoms with E-state index in [1.54, 1.807) is 19.0 Å². The standard InChI is InChI=1S/C15H14F2N6O/c1-23(2)15-21-12(20-14(19)22-15)10(8-18)7-9-3-5-11(6-4-9)24-13(16)17/h3-7,13H,1-2H3,(H2,19,20,21,22). The van der Waals surface area contributed by atoms with Gasteiger partial charge in [0, 0.05) is 14.1 Å². The van der Waals surface area contributed by atoms with Crippen molar-refractivity contribution in [3.63, 3.8) is 0 Å². The maximum absolute atomic E-state index is 12.1. The van der Waals surface area contributed by atoms with Gasteiger partial charge in [0.2, 0.25) is 11.9 Å². The molecule has 1 aromatic carbocycles. The molecule has 0 amide bonds. The van der Waals surface area contributed by atoms with Crippen molar-refractivity contribution >= 4 is 23.5 Å². The molecule has 2 rings (SSSR count). The largest absolute Gasteiger partial charge is 0.435 e. The lowest BCUT2D eigenvalue weighted by Crippen LogP contribution is -2.15. The van der Waals surface area contributed by atoms with Crippen LogP contribution >= 0.6 is 0 Å². The van der Waals surface area contributed by atoms with Gasteiger partial charge in [0.05, 0.1) is 5.57 Å². The molecule has 1 aromatic heterocycles. The first kappa shape index (κ1) is 17.1. The predicted molar refractivity (Wildman–Crippen MR) is 85.1 cm³/mol. The van der Waals surface area contributed by atoms with Gasteiger partial charge >= 0.3 is 6.61 Å². The van der Waals surface area contributed by atoms with Crippen LogP contribution in [0, 0.1) is 11.3 Å². The zero-order chi connectivity index (χ0) is 17.7. The molecule has 0 saturated heterocycles. The van der Waals surface area contributed by atoms with Crippen LogP contribution in [0.4, 0.5) is 20.7 Å². The molecule has 124 valence electrons. The molecule has 1 heterocycles. The number of nitrogens with two attached hydrogens (primary N) is 1. The summed E-state index contributed by atoms with van der Waals surface area (Å²) < 4.78 is 28.5. The summed E-state index contributed by atoms with van der Waals surface area (Å²) in [5.41, 5.74) is 6.39. The van der Waals surface area contributed by atoms with Gasteiger partial charge in [-0.3, -0.25) is 0 Å². The number of rotatable bonds is 5. The molecule has 7 nitrogen and oxygen atoms in total. The van der Waals surface area contributed by atoms with Crippen molar-refractivity contribution in [1.29, 1.82) is 5.26 Å². The minimum atomic E-state index is -2.89. The summed E-state index contributed by atoms with van der Waals surface area (Å²) in [7, 11) is 3.46. The van der Waals surface area contributed by atoms with E-state index in [0.29, 0.717) is 11.5 Å². The lowest BCUT2D eigenvalue weighted by atomic mass is 10.1. The summed E-state index contributed by atoms with van der Waals surface area (Å²) in [6, 6.07) is 7.81. The first-order valence-electron chi connectivity index (χ1n) is 6.75. The topological polar surface area (TPSA) is 101 Å². The number of hydrogen-bond acceptors (Lipinski definition) is 7. The number of benzene rings is 1. The second-order valence-corrected chi connectivity index (χ2v) is 4.83. The average Bonchev–Trinajstić information content (AvgIpc) is 2.53. The number of nitrogen functional groups attached to an aromatic ring is 1. The number of nitriles is 1. The second-order valence-electron chi connectivity index (χ2n) is 4.83. The third-order valence-corrected chi connectivity index (χ3v) is 2.82. The molecule has 0 aliphatic rings. The quantitative estimate of drug-likeness (QED) is 0.837. The molecule has 0 unspecified atom stereocenters. The highest BCUT2D eigenvalue weighted by molar-refractivity contribution is 5.87. The molecule has 0 radical (unpaired) electrons. The Bertz CT molecular complexity index is 784. The Morgan fingerprint density at radius 1 is 1.25 bits per heavy atom. The Kier molecular flexibility index (Phi) is 5.21. The van der Waals surface area contributed by atoms with Crippen LogP contribution in [0.5, 0.6) is 5.75 Å². The van der Waals surface area contributed by atoms with Crippen molar-refractivity contribution in [1.82, 2.24) is 15.0 Å². The molecular formula is C15H14F2N6O. The highest BCUT2D eigenvalue weighted by atomic mass is 19.3. The van der Waals surface area contributed by atoms with Gasteiger partial charge in [-0.15, -0.1) is 0 Å². The Morgan fingerprint density at radius 2 is 1.92 bits per heavy atom. The molecule has 9 heteroatoms. The summed E-state index contributed by atoms with van der Waals surface area (Å²) >= 11 is 0. The fourth-order valence-electron chi connectivity index (χ4n) is 1.76. The SMILES string of the molecule is CN(C)c1nc(N)nc(C(C#N)=Cc2ccc(OC(F)F)cc2)n1. The van der Waals surface area contributed by atoms with Gasteiger partial charge in [-0.2, -0.15) is 29.0 Å². The maximum Gasteiger partial charge on any atom is 0.387 e. The van der Waals surface area contributed by atoms with Gasteiger partial charge < -0.3 is 15.4 Å². The van der Waals surface area contributed by atoms with E-state index >= 15 is 0 Å². The third kappa shape index (κ3) is 4.36. The van der Waals surface area contributed by atoms with Crippen molar-refractivity contribution in [2.45, 2.75) is 6.61 Å². The van der Waals surface area contributed by atoms with Crippen LogP contribution in [0.2, 0.25) is 0 Å². The number of anilines is 2. The van der Waals surface area contributed by atoms with Crippen LogP contribution in [0.15, 0.2) is 24.3 Å². The van der Waals surface area contributed by atoms with Gasteiger partial charge in [0.1, 0.15) is 11.8 Å². The normalized spacial score (nSPS) is 11.2. The summed E-state index contributed by atoms with van der Waals surface area (Å²) in [4.78, 5) is 13.7. The number of alkyl halides is 2. The van der Waals surface area contributed by atoms with Gasteiger partial charge in [-0.25, -0.2) is 0 Å². The van der Waals surface area contributed by atoms with Crippen LogP contribution in [0.1, 0.15) is 11.4 Å². The van der Waals surface area contributed by atoms with Crippen LogP contribution in [0.3, 0.4) is 0 Å². The van der Waals surface area contributed by atoms with E-state index in [0.717, 1.165) is 0 Å². The minimum Gasteiger partial charge on any atom is -0.435 e. The van der Waals surface area contributed by atoms with E-state index < -0.39 is 6.61 Å². The maximum atomic E-state index is 12.1. The van der Waals surface area contributed by atoms with E-state index in [9.17, 15) is 14.0 Å². The molecule has 0 fully saturated rings. The van der Waals surface area contributed by atoms with Crippen molar-refractivity contribution in [2.24, 2.45) is 0 Å². The summed E-state index contributed by atoms with van der Waals surface area (Å²) in [5.74, 6) is 0.464. The molecule has 0 aliphatic carbocycles. The molecule has 0 spiro atoms. The Morgan fingerprint density at radius 3 is 2.46 bits per heavy atom. The minimum absolute atomic E-state index is 0.00877. The van der Waals surface area contributed by atoms with Crippen LogP contribution in [-0.4, -0.2) is 35.7 Å². The predicted octanol–water partition coefficient (Wildman–Crippen LogP) is 2.19. The van der Waals surface area contributed by atoms with Crippen LogP contribution < -0.4 is 15.4 Å². The fraction of sp³-hybridized carbons (Fsp3) is 0.200. The van der Waals surface area contributed by atoms with Crippen molar-refractivity contribution in [3.05, 3.63) is 35.7 Å². The lowest BCUT2D eigenvalue weighted by Gasteiger charge is -2.11. The van der Waals surface area contributed by atoms with E-state index in [1.807, 2.05) is 6.07 Å². The van der Waals surface area contributed by atoms with Gasteiger partial charge in [-0.1, -0.05) is 12.1 Å². The number of halogens is 2. The lowest BCUT2D eigenvalue weighted by molar-refractivity contribution is -0.0498. The first-order valence-corrected chi connectivity index (χ1v) is 6.75. The molecule has 24 heavy (non-hydrogen) atoms. The van der Waals surface area contributed by atoms with Crippen LogP contribution in [-0.2, 0) is 0 Å². The molecular weight excluding hydrogens is 318 g/mol.